The van der Waals surface area contributed by atoms with Crippen LogP contribution in [-0.2, 0) is 5.41 Å². The molecule has 4 nitrogen and oxygen atoms in total. The molecule has 0 bridgehead atoms. The molecule has 0 radical (unpaired) electrons. The van der Waals surface area contributed by atoms with Crippen LogP contribution in [-0.4, -0.2) is 14.4 Å². The van der Waals surface area contributed by atoms with Crippen molar-refractivity contribution in [3.63, 3.8) is 0 Å². The summed E-state index contributed by atoms with van der Waals surface area (Å²) < 4.78 is 8.27. The molecule has 0 aliphatic heterocycles. The second-order valence-corrected chi connectivity index (χ2v) is 12.0. The maximum absolute atomic E-state index is 6.21. The fraction of sp³-hybridized carbons (Fsp3) is 0.0769. The summed E-state index contributed by atoms with van der Waals surface area (Å²) in [4.78, 5) is 9.19. The number of furan rings is 1. The van der Waals surface area contributed by atoms with Crippen molar-refractivity contribution in [3.8, 4) is 44.5 Å². The molecule has 0 saturated carbocycles. The van der Waals surface area contributed by atoms with E-state index in [4.69, 9.17) is 9.40 Å². The Kier molecular flexibility index (Phi) is 4.92. The molecule has 4 aromatic carbocycles. The van der Waals surface area contributed by atoms with Crippen LogP contribution in [0.4, 0.5) is 0 Å². The zero-order chi connectivity index (χ0) is 28.7. The summed E-state index contributed by atoms with van der Waals surface area (Å²) in [5.41, 5.74) is 15.7. The number of imidazole rings is 1. The highest BCUT2D eigenvalue weighted by molar-refractivity contribution is 6.03. The molecule has 0 N–H and O–H groups in total. The smallest absolute Gasteiger partial charge is 0.232 e. The molecule has 1 aliphatic carbocycles. The molecule has 0 fully saturated rings. The van der Waals surface area contributed by atoms with E-state index < -0.39 is 0 Å². The monoisotopic (exact) mass is 553 g/mol. The van der Waals surface area contributed by atoms with Gasteiger partial charge in [-0.3, -0.25) is 9.38 Å². The zero-order valence-corrected chi connectivity index (χ0v) is 23.9. The second kappa shape index (κ2) is 8.76. The Morgan fingerprint density at radius 1 is 0.628 bits per heavy atom. The average Bonchev–Trinajstić information content (AvgIpc) is 3.67. The lowest BCUT2D eigenvalue weighted by atomic mass is 9.81. The van der Waals surface area contributed by atoms with Crippen molar-refractivity contribution in [3.05, 3.63) is 139 Å². The van der Waals surface area contributed by atoms with Gasteiger partial charge in [-0.1, -0.05) is 74.5 Å². The molecule has 0 amide bonds. The molecule has 0 atom stereocenters. The van der Waals surface area contributed by atoms with Crippen LogP contribution in [0.2, 0.25) is 0 Å². The Hall–Kier alpha value is -5.48. The SMILES string of the molecule is CC1(C)c2cc(-c3cccnc3)ccc2-c2ccc(-c3cccc(-c4ccc5nc6c7ccccc7oc6n5c4)c3)cc21. The molecular formula is C39H27N3O. The Bertz CT molecular complexity index is 2380. The van der Waals surface area contributed by atoms with Crippen LogP contribution >= 0.6 is 0 Å². The number of hydrogen-bond acceptors (Lipinski definition) is 3. The van der Waals surface area contributed by atoms with Crippen LogP contribution in [0.3, 0.4) is 0 Å². The number of pyridine rings is 2. The van der Waals surface area contributed by atoms with E-state index in [-0.39, 0.29) is 5.41 Å². The quantitative estimate of drug-likeness (QED) is 0.219. The lowest BCUT2D eigenvalue weighted by Gasteiger charge is -2.22. The van der Waals surface area contributed by atoms with E-state index in [0.717, 1.165) is 44.5 Å². The van der Waals surface area contributed by atoms with Gasteiger partial charge >= 0.3 is 0 Å². The van der Waals surface area contributed by atoms with Crippen LogP contribution in [0, 0.1) is 0 Å². The summed E-state index contributed by atoms with van der Waals surface area (Å²) in [5, 5.41) is 1.04. The van der Waals surface area contributed by atoms with Gasteiger partial charge in [0, 0.05) is 29.4 Å². The van der Waals surface area contributed by atoms with E-state index in [2.05, 4.69) is 114 Å². The third kappa shape index (κ3) is 3.56. The molecule has 43 heavy (non-hydrogen) atoms. The number of rotatable bonds is 3. The summed E-state index contributed by atoms with van der Waals surface area (Å²) in [7, 11) is 0. The van der Waals surface area contributed by atoms with Crippen molar-refractivity contribution < 1.29 is 4.42 Å². The molecule has 0 spiro atoms. The average molecular weight is 554 g/mol. The van der Waals surface area contributed by atoms with Crippen molar-refractivity contribution in [1.29, 1.82) is 0 Å². The maximum Gasteiger partial charge on any atom is 0.232 e. The Balaban J connectivity index is 1.11. The molecule has 9 rings (SSSR count). The number of fused-ring (bicyclic) bond motifs is 8. The predicted molar refractivity (Wildman–Crippen MR) is 174 cm³/mol. The van der Waals surface area contributed by atoms with Crippen LogP contribution in [0.25, 0.3) is 72.4 Å². The molecule has 1 aliphatic rings. The molecule has 0 unspecified atom stereocenters. The van der Waals surface area contributed by atoms with Gasteiger partial charge in [-0.05, 0) is 104 Å². The van der Waals surface area contributed by atoms with Crippen LogP contribution in [0.1, 0.15) is 25.0 Å². The number of aromatic nitrogens is 3. The molecule has 204 valence electrons. The summed E-state index contributed by atoms with van der Waals surface area (Å²) in [6, 6.07) is 39.0. The Labute approximate surface area is 248 Å². The molecule has 4 heteroatoms. The fourth-order valence-corrected chi connectivity index (χ4v) is 6.83. The first-order valence-electron chi connectivity index (χ1n) is 14.6. The van der Waals surface area contributed by atoms with Crippen molar-refractivity contribution in [2.45, 2.75) is 19.3 Å². The van der Waals surface area contributed by atoms with Crippen molar-refractivity contribution >= 4 is 27.8 Å². The number of hydrogen-bond donors (Lipinski definition) is 0. The van der Waals surface area contributed by atoms with Crippen LogP contribution in [0.5, 0.6) is 0 Å². The van der Waals surface area contributed by atoms with Gasteiger partial charge in [0.25, 0.3) is 0 Å². The molecule has 4 heterocycles. The molecule has 4 aromatic heterocycles. The van der Waals surface area contributed by atoms with E-state index in [1.54, 1.807) is 0 Å². The fourth-order valence-electron chi connectivity index (χ4n) is 6.83. The largest absolute Gasteiger partial charge is 0.437 e. The summed E-state index contributed by atoms with van der Waals surface area (Å²) in [6.07, 6.45) is 5.89. The number of nitrogens with zero attached hydrogens (tertiary/aromatic N) is 3. The Morgan fingerprint density at radius 3 is 2.07 bits per heavy atom. The van der Waals surface area contributed by atoms with Crippen LogP contribution < -0.4 is 0 Å². The zero-order valence-electron chi connectivity index (χ0n) is 23.9. The van der Waals surface area contributed by atoms with Crippen molar-refractivity contribution in [2.24, 2.45) is 0 Å². The van der Waals surface area contributed by atoms with Crippen molar-refractivity contribution in [2.75, 3.05) is 0 Å². The highest BCUT2D eigenvalue weighted by Crippen LogP contribution is 2.50. The van der Waals surface area contributed by atoms with Gasteiger partial charge in [-0.2, -0.15) is 0 Å². The van der Waals surface area contributed by atoms with E-state index in [9.17, 15) is 0 Å². The first-order valence-corrected chi connectivity index (χ1v) is 14.6. The van der Waals surface area contributed by atoms with Crippen LogP contribution in [0.15, 0.2) is 132 Å². The lowest BCUT2D eigenvalue weighted by Crippen LogP contribution is -2.15. The molecular weight excluding hydrogens is 526 g/mol. The van der Waals surface area contributed by atoms with Gasteiger partial charge in [0.15, 0.2) is 0 Å². The number of para-hydroxylation sites is 1. The minimum absolute atomic E-state index is 0.110. The van der Waals surface area contributed by atoms with E-state index in [1.807, 2.05) is 36.7 Å². The highest BCUT2D eigenvalue weighted by atomic mass is 16.3. The number of benzene rings is 4. The van der Waals surface area contributed by atoms with Gasteiger partial charge in [0.2, 0.25) is 5.71 Å². The third-order valence-electron chi connectivity index (χ3n) is 9.12. The standard InChI is InChI=1S/C39H27N3O/c1-39(2)33-20-26(12-15-30(33)31-16-13-27(21-34(31)39)28-9-6-18-40-22-28)24-7-5-8-25(19-24)29-14-17-36-41-37-32-10-3-4-11-35(32)43-38(37)42(36)23-29/h3-23H,1-2H3. The van der Waals surface area contributed by atoms with E-state index >= 15 is 0 Å². The minimum Gasteiger partial charge on any atom is -0.437 e. The topological polar surface area (TPSA) is 43.3 Å². The van der Waals surface area contributed by atoms with Gasteiger partial charge < -0.3 is 4.42 Å². The van der Waals surface area contributed by atoms with Gasteiger partial charge in [0.05, 0.1) is 0 Å². The summed E-state index contributed by atoms with van der Waals surface area (Å²) in [5.74, 6) is 0. The first-order chi connectivity index (χ1) is 21.0. The van der Waals surface area contributed by atoms with Gasteiger partial charge in [-0.25, -0.2) is 4.98 Å². The second-order valence-electron chi connectivity index (χ2n) is 12.0. The summed E-state index contributed by atoms with van der Waals surface area (Å²) >= 11 is 0. The summed E-state index contributed by atoms with van der Waals surface area (Å²) in [6.45, 7) is 4.67. The molecule has 0 saturated heterocycles. The maximum atomic E-state index is 6.21. The molecule has 8 aromatic rings. The van der Waals surface area contributed by atoms with E-state index in [0.29, 0.717) is 0 Å². The third-order valence-corrected chi connectivity index (χ3v) is 9.12. The van der Waals surface area contributed by atoms with Crippen molar-refractivity contribution in [1.82, 2.24) is 14.4 Å². The lowest BCUT2D eigenvalue weighted by molar-refractivity contribution is 0.649. The Morgan fingerprint density at radius 2 is 1.30 bits per heavy atom. The normalized spacial score (nSPS) is 13.5. The van der Waals surface area contributed by atoms with Gasteiger partial charge in [-0.15, -0.1) is 0 Å². The van der Waals surface area contributed by atoms with E-state index in [1.165, 1.54) is 38.9 Å². The predicted octanol–water partition coefficient (Wildman–Crippen LogP) is 9.94. The highest BCUT2D eigenvalue weighted by Gasteiger charge is 2.35. The van der Waals surface area contributed by atoms with Gasteiger partial charge in [0.1, 0.15) is 16.7 Å². The first kappa shape index (κ1) is 24.2. The minimum atomic E-state index is -0.110.